The molecule has 0 bridgehead atoms. The molecule has 0 atom stereocenters. The summed E-state index contributed by atoms with van der Waals surface area (Å²) in [5.41, 5.74) is 3.14. The van der Waals surface area contributed by atoms with Gasteiger partial charge in [-0.2, -0.15) is 0 Å². The lowest BCUT2D eigenvalue weighted by atomic mass is 10.1. The van der Waals surface area contributed by atoms with Crippen LogP contribution in [0.1, 0.15) is 23.6 Å². The summed E-state index contributed by atoms with van der Waals surface area (Å²) < 4.78 is 11.2. The number of hydrogen-bond donors (Lipinski definition) is 3. The summed E-state index contributed by atoms with van der Waals surface area (Å²) in [6, 6.07) is 8.67. The number of amides is 3. The molecular weight excluding hydrogens is 466 g/mol. The number of anilines is 1. The largest absolute Gasteiger partial charge is 0.490 e. The molecule has 3 rings (SSSR count). The van der Waals surface area contributed by atoms with Crippen molar-refractivity contribution in [3.05, 3.63) is 57.6 Å². The molecule has 0 unspecified atom stereocenters. The van der Waals surface area contributed by atoms with Crippen molar-refractivity contribution in [2.75, 3.05) is 18.5 Å². The lowest BCUT2D eigenvalue weighted by Crippen LogP contribution is -2.51. The molecule has 33 heavy (non-hydrogen) atoms. The summed E-state index contributed by atoms with van der Waals surface area (Å²) in [6.45, 7) is 5.73. The van der Waals surface area contributed by atoms with Crippen LogP contribution in [0.15, 0.2) is 35.9 Å². The molecule has 1 saturated heterocycles. The summed E-state index contributed by atoms with van der Waals surface area (Å²) in [7, 11) is 0. The first-order valence-corrected chi connectivity index (χ1v) is 10.8. The zero-order valence-electron chi connectivity index (χ0n) is 18.2. The van der Waals surface area contributed by atoms with Gasteiger partial charge in [-0.15, -0.1) is 0 Å². The Morgan fingerprint density at radius 1 is 1.09 bits per heavy atom. The molecular formula is C23H22ClN3O5S. The molecule has 2 aromatic rings. The van der Waals surface area contributed by atoms with Crippen molar-refractivity contribution in [3.8, 4) is 11.5 Å². The average molecular weight is 488 g/mol. The van der Waals surface area contributed by atoms with Crippen molar-refractivity contribution in [3.63, 3.8) is 0 Å². The predicted octanol–water partition coefficient (Wildman–Crippen LogP) is 3.29. The van der Waals surface area contributed by atoms with Crippen molar-refractivity contribution >= 4 is 58.4 Å². The van der Waals surface area contributed by atoms with Crippen LogP contribution in [0.2, 0.25) is 5.02 Å². The van der Waals surface area contributed by atoms with E-state index in [2.05, 4.69) is 16.0 Å². The number of ether oxygens (including phenoxy) is 2. The predicted molar refractivity (Wildman–Crippen MR) is 130 cm³/mol. The number of benzene rings is 2. The molecule has 1 aliphatic rings. The smallest absolute Gasteiger partial charge is 0.263 e. The van der Waals surface area contributed by atoms with E-state index in [1.54, 1.807) is 13.0 Å². The molecule has 1 heterocycles. The fourth-order valence-electron chi connectivity index (χ4n) is 3.00. The maximum Gasteiger partial charge on any atom is 0.263 e. The van der Waals surface area contributed by atoms with Crippen LogP contribution in [-0.2, 0) is 14.4 Å². The Hall–Kier alpha value is -3.43. The van der Waals surface area contributed by atoms with Crippen molar-refractivity contribution in [1.29, 1.82) is 0 Å². The van der Waals surface area contributed by atoms with E-state index in [4.69, 9.17) is 33.3 Å². The minimum atomic E-state index is -0.624. The average Bonchev–Trinajstić information content (AvgIpc) is 2.73. The standard InChI is InChI=1S/C23H22ClN3O5S/c1-4-31-18-10-14(8-16-21(29)26-23(33)27-22(16)30)9-17(24)20(18)32-11-19(28)25-15-6-5-12(2)13(3)7-15/h5-10H,4,11H2,1-3H3,(H,25,28)(H2,26,27,29,30,33). The van der Waals surface area contributed by atoms with E-state index in [0.717, 1.165) is 11.1 Å². The monoisotopic (exact) mass is 487 g/mol. The van der Waals surface area contributed by atoms with Crippen molar-refractivity contribution in [1.82, 2.24) is 10.6 Å². The number of halogens is 1. The van der Waals surface area contributed by atoms with Gasteiger partial charge in [-0.3, -0.25) is 25.0 Å². The van der Waals surface area contributed by atoms with E-state index in [0.29, 0.717) is 17.9 Å². The summed E-state index contributed by atoms with van der Waals surface area (Å²) >= 11 is 11.2. The van der Waals surface area contributed by atoms with Crippen LogP contribution in [0.3, 0.4) is 0 Å². The van der Waals surface area contributed by atoms with Gasteiger partial charge in [-0.25, -0.2) is 0 Å². The molecule has 1 aliphatic heterocycles. The Labute approximate surface area is 201 Å². The third-order valence-electron chi connectivity index (χ3n) is 4.72. The topological polar surface area (TPSA) is 106 Å². The summed E-state index contributed by atoms with van der Waals surface area (Å²) in [4.78, 5) is 36.5. The normalized spacial score (nSPS) is 13.2. The second-order valence-electron chi connectivity index (χ2n) is 7.19. The van der Waals surface area contributed by atoms with Gasteiger partial charge in [0.1, 0.15) is 5.57 Å². The van der Waals surface area contributed by atoms with Gasteiger partial charge in [0.15, 0.2) is 23.2 Å². The number of carbonyl (C=O) groups excluding carboxylic acids is 3. The highest BCUT2D eigenvalue weighted by molar-refractivity contribution is 7.80. The molecule has 0 radical (unpaired) electrons. The maximum absolute atomic E-state index is 12.4. The quantitative estimate of drug-likeness (QED) is 0.314. The molecule has 0 aliphatic carbocycles. The van der Waals surface area contributed by atoms with Gasteiger partial charge in [-0.05, 0) is 80.0 Å². The Kier molecular flexibility index (Phi) is 7.67. The third kappa shape index (κ3) is 6.09. The van der Waals surface area contributed by atoms with Crippen molar-refractivity contribution in [2.45, 2.75) is 20.8 Å². The van der Waals surface area contributed by atoms with Gasteiger partial charge in [0.05, 0.1) is 11.6 Å². The highest BCUT2D eigenvalue weighted by atomic mass is 35.5. The lowest BCUT2D eigenvalue weighted by Gasteiger charge is -2.17. The second kappa shape index (κ2) is 10.5. The zero-order valence-corrected chi connectivity index (χ0v) is 19.8. The van der Waals surface area contributed by atoms with Crippen LogP contribution >= 0.6 is 23.8 Å². The fourth-order valence-corrected chi connectivity index (χ4v) is 3.46. The van der Waals surface area contributed by atoms with Gasteiger partial charge in [0, 0.05) is 5.69 Å². The Bertz CT molecular complexity index is 1160. The van der Waals surface area contributed by atoms with Crippen molar-refractivity contribution < 1.29 is 23.9 Å². The molecule has 0 spiro atoms. The van der Waals surface area contributed by atoms with E-state index in [1.165, 1.54) is 12.1 Å². The van der Waals surface area contributed by atoms with Gasteiger partial charge >= 0.3 is 0 Å². The minimum Gasteiger partial charge on any atom is -0.490 e. The molecule has 1 fully saturated rings. The van der Waals surface area contributed by atoms with E-state index in [-0.39, 0.29) is 39.7 Å². The third-order valence-corrected chi connectivity index (χ3v) is 5.21. The van der Waals surface area contributed by atoms with Crippen LogP contribution < -0.4 is 25.4 Å². The molecule has 3 amide bonds. The van der Waals surface area contributed by atoms with Crippen LogP contribution in [0, 0.1) is 13.8 Å². The van der Waals surface area contributed by atoms with Gasteiger partial charge in [-0.1, -0.05) is 17.7 Å². The highest BCUT2D eigenvalue weighted by Gasteiger charge is 2.26. The molecule has 10 heteroatoms. The Balaban J connectivity index is 1.78. The molecule has 2 aromatic carbocycles. The van der Waals surface area contributed by atoms with Crippen LogP contribution in [0.25, 0.3) is 6.08 Å². The van der Waals surface area contributed by atoms with E-state index in [9.17, 15) is 14.4 Å². The summed E-state index contributed by atoms with van der Waals surface area (Å²) in [5, 5.41) is 7.60. The Morgan fingerprint density at radius 3 is 2.42 bits per heavy atom. The molecule has 0 aromatic heterocycles. The van der Waals surface area contributed by atoms with Crippen LogP contribution in [0.4, 0.5) is 5.69 Å². The van der Waals surface area contributed by atoms with E-state index in [1.807, 2.05) is 32.0 Å². The number of aryl methyl sites for hydroxylation is 2. The van der Waals surface area contributed by atoms with Crippen molar-refractivity contribution in [2.24, 2.45) is 0 Å². The first kappa shape index (κ1) is 24.2. The number of nitrogens with one attached hydrogen (secondary N) is 3. The molecule has 3 N–H and O–H groups in total. The fraction of sp³-hybridized carbons (Fsp3) is 0.217. The number of carbonyl (C=O) groups is 3. The lowest BCUT2D eigenvalue weighted by molar-refractivity contribution is -0.123. The second-order valence-corrected chi connectivity index (χ2v) is 8.01. The molecule has 8 nitrogen and oxygen atoms in total. The zero-order chi connectivity index (χ0) is 24.1. The van der Waals surface area contributed by atoms with Crippen LogP contribution in [0.5, 0.6) is 11.5 Å². The number of rotatable bonds is 7. The SMILES string of the molecule is CCOc1cc(C=C2C(=O)NC(=S)NC2=O)cc(Cl)c1OCC(=O)Nc1ccc(C)c(C)c1. The highest BCUT2D eigenvalue weighted by Crippen LogP contribution is 2.37. The van der Waals surface area contributed by atoms with Gasteiger partial charge in [0.2, 0.25) is 0 Å². The first-order valence-electron chi connectivity index (χ1n) is 10.0. The molecule has 0 saturated carbocycles. The number of hydrogen-bond acceptors (Lipinski definition) is 6. The first-order chi connectivity index (χ1) is 15.7. The minimum absolute atomic E-state index is 0.0574. The van der Waals surface area contributed by atoms with E-state index < -0.39 is 11.8 Å². The maximum atomic E-state index is 12.4. The van der Waals surface area contributed by atoms with Gasteiger partial charge < -0.3 is 14.8 Å². The van der Waals surface area contributed by atoms with E-state index >= 15 is 0 Å². The summed E-state index contributed by atoms with van der Waals surface area (Å²) in [5.74, 6) is -1.17. The Morgan fingerprint density at radius 2 is 1.79 bits per heavy atom. The molecule has 172 valence electrons. The van der Waals surface area contributed by atoms with Crippen LogP contribution in [-0.4, -0.2) is 36.0 Å². The van der Waals surface area contributed by atoms with Gasteiger partial charge in [0.25, 0.3) is 17.7 Å². The number of thiocarbonyl (C=S) groups is 1. The summed E-state index contributed by atoms with van der Waals surface area (Å²) in [6.07, 6.45) is 1.36.